The van der Waals surface area contributed by atoms with Gasteiger partial charge in [0.05, 0.1) is 23.1 Å². The van der Waals surface area contributed by atoms with Crippen LogP contribution in [0.2, 0.25) is 0 Å². The Morgan fingerprint density at radius 2 is 1.00 bits per heavy atom. The molecule has 0 unspecified atom stereocenters. The Morgan fingerprint density at radius 1 is 0.667 bits per heavy atom. The van der Waals surface area contributed by atoms with Gasteiger partial charge < -0.3 is 0 Å². The highest BCUT2D eigenvalue weighted by Gasteiger charge is 2.56. The standard InChI is InChI=1S/C23H42P/c1-3-20(2)19-24(21-13-7-4-8-14-21,22-15-9-5-10-16-22)23-17-11-6-12-18-23/h3,21-23H,4-19H2,1-2H3/q+1. The van der Waals surface area contributed by atoms with Crippen molar-refractivity contribution in [3.05, 3.63) is 11.6 Å². The molecular weight excluding hydrogens is 307 g/mol. The van der Waals surface area contributed by atoms with Gasteiger partial charge in [0.25, 0.3) is 0 Å². The van der Waals surface area contributed by atoms with Crippen LogP contribution < -0.4 is 0 Å². The lowest BCUT2D eigenvalue weighted by Gasteiger charge is -2.49. The molecule has 3 rings (SSSR count). The first-order valence-electron chi connectivity index (χ1n) is 11.3. The van der Waals surface area contributed by atoms with E-state index in [4.69, 9.17) is 0 Å². The molecule has 0 saturated heterocycles. The first kappa shape index (κ1) is 18.9. The summed E-state index contributed by atoms with van der Waals surface area (Å²) in [6, 6.07) is 0. The van der Waals surface area contributed by atoms with E-state index in [9.17, 15) is 0 Å². The van der Waals surface area contributed by atoms with Crippen molar-refractivity contribution in [2.75, 3.05) is 6.16 Å². The quantitative estimate of drug-likeness (QED) is 0.349. The predicted octanol–water partition coefficient (Wildman–Crippen LogP) is 7.97. The molecule has 0 aromatic heterocycles. The molecule has 3 saturated carbocycles. The predicted molar refractivity (Wildman–Crippen MR) is 112 cm³/mol. The van der Waals surface area contributed by atoms with Gasteiger partial charge in [0.15, 0.2) is 0 Å². The largest absolute Gasteiger partial charge is 0.0851 e. The van der Waals surface area contributed by atoms with Gasteiger partial charge in [-0.05, 0) is 96.5 Å². The van der Waals surface area contributed by atoms with E-state index in [0.717, 1.165) is 17.0 Å². The van der Waals surface area contributed by atoms with Gasteiger partial charge in [0.2, 0.25) is 0 Å². The minimum absolute atomic E-state index is 0.863. The van der Waals surface area contributed by atoms with Gasteiger partial charge in [-0.15, -0.1) is 0 Å². The molecular formula is C23H42P+. The Hall–Kier alpha value is 0.170. The fraction of sp³-hybridized carbons (Fsp3) is 0.913. The Balaban J connectivity index is 1.95. The van der Waals surface area contributed by atoms with Gasteiger partial charge in [0.1, 0.15) is 0 Å². The molecule has 0 aromatic carbocycles. The molecule has 3 aliphatic rings. The Bertz CT molecular complexity index is 347. The second-order valence-corrected chi connectivity index (χ2v) is 13.7. The lowest BCUT2D eigenvalue weighted by atomic mass is 9.99. The van der Waals surface area contributed by atoms with Crippen LogP contribution >= 0.6 is 7.26 Å². The third-order valence-corrected chi connectivity index (χ3v) is 14.5. The normalized spacial score (nSPS) is 26.7. The van der Waals surface area contributed by atoms with Crippen LogP contribution in [0.1, 0.15) is 110 Å². The van der Waals surface area contributed by atoms with E-state index in [1.165, 1.54) is 19.3 Å². The molecule has 0 amide bonds. The number of hydrogen-bond acceptors (Lipinski definition) is 0. The molecule has 0 atom stereocenters. The molecule has 0 aromatic rings. The summed E-state index contributed by atoms with van der Waals surface area (Å²) in [5.74, 6) is 0. The average molecular weight is 350 g/mol. The maximum atomic E-state index is 2.46. The summed E-state index contributed by atoms with van der Waals surface area (Å²) in [5.41, 5.74) is 5.18. The van der Waals surface area contributed by atoms with E-state index in [2.05, 4.69) is 19.9 Å². The number of allylic oxidation sites excluding steroid dienone is 2. The van der Waals surface area contributed by atoms with Crippen LogP contribution in [0.25, 0.3) is 0 Å². The smallest absolute Gasteiger partial charge is 0.0808 e. The van der Waals surface area contributed by atoms with E-state index in [1.807, 2.05) is 0 Å². The average Bonchev–Trinajstić information content (AvgIpc) is 2.68. The van der Waals surface area contributed by atoms with Crippen LogP contribution in [0.5, 0.6) is 0 Å². The Labute approximate surface area is 152 Å². The van der Waals surface area contributed by atoms with Crippen molar-refractivity contribution in [3.8, 4) is 0 Å². The molecule has 1 heteroatoms. The van der Waals surface area contributed by atoms with E-state index < -0.39 is 7.26 Å². The molecule has 0 bridgehead atoms. The lowest BCUT2D eigenvalue weighted by Crippen LogP contribution is -2.37. The number of hydrogen-bond donors (Lipinski definition) is 0. The molecule has 0 aliphatic heterocycles. The third kappa shape index (κ3) is 4.11. The van der Waals surface area contributed by atoms with Crippen LogP contribution in [-0.4, -0.2) is 23.1 Å². The summed E-state index contributed by atoms with van der Waals surface area (Å²) in [6.45, 7) is 4.76. The minimum Gasteiger partial charge on any atom is -0.0851 e. The maximum Gasteiger partial charge on any atom is 0.0808 e. The number of rotatable bonds is 5. The van der Waals surface area contributed by atoms with Crippen molar-refractivity contribution in [3.63, 3.8) is 0 Å². The SMILES string of the molecule is CC=C(C)C[P+](C1CCCCC1)(C1CCCCC1)C1CCCCC1. The first-order valence-corrected chi connectivity index (χ1v) is 13.4. The summed E-state index contributed by atoms with van der Waals surface area (Å²) in [7, 11) is -0.863. The summed E-state index contributed by atoms with van der Waals surface area (Å²) < 4.78 is 0. The highest BCUT2D eigenvalue weighted by atomic mass is 31.2. The molecule has 0 nitrogen and oxygen atoms in total. The van der Waals surface area contributed by atoms with Crippen LogP contribution in [-0.2, 0) is 0 Å². The van der Waals surface area contributed by atoms with Crippen LogP contribution in [0.15, 0.2) is 11.6 Å². The van der Waals surface area contributed by atoms with Gasteiger partial charge in [0, 0.05) is 7.26 Å². The van der Waals surface area contributed by atoms with E-state index >= 15 is 0 Å². The first-order chi connectivity index (χ1) is 11.8. The van der Waals surface area contributed by atoms with Crippen molar-refractivity contribution < 1.29 is 0 Å². The Morgan fingerprint density at radius 3 is 1.29 bits per heavy atom. The Kier molecular flexibility index (Phi) is 7.27. The summed E-state index contributed by atoms with van der Waals surface area (Å²) >= 11 is 0. The fourth-order valence-corrected chi connectivity index (χ4v) is 14.1. The zero-order chi connectivity index (χ0) is 16.8. The van der Waals surface area contributed by atoms with E-state index in [0.29, 0.717) is 0 Å². The molecule has 3 aliphatic carbocycles. The second kappa shape index (κ2) is 9.21. The van der Waals surface area contributed by atoms with Crippen molar-refractivity contribution in [1.29, 1.82) is 0 Å². The van der Waals surface area contributed by atoms with E-state index in [-0.39, 0.29) is 0 Å². The third-order valence-electron chi connectivity index (χ3n) is 7.78. The van der Waals surface area contributed by atoms with Gasteiger partial charge in [-0.2, -0.15) is 0 Å². The van der Waals surface area contributed by atoms with Crippen LogP contribution in [0.3, 0.4) is 0 Å². The zero-order valence-electron chi connectivity index (χ0n) is 16.6. The molecule has 3 fully saturated rings. The highest BCUT2D eigenvalue weighted by Crippen LogP contribution is 2.77. The zero-order valence-corrected chi connectivity index (χ0v) is 17.5. The summed E-state index contributed by atoms with van der Waals surface area (Å²) in [6.07, 6.45) is 27.4. The maximum absolute atomic E-state index is 2.46. The second-order valence-electron chi connectivity index (χ2n) is 9.16. The summed E-state index contributed by atoms with van der Waals surface area (Å²) in [5, 5.41) is 0. The molecule has 24 heavy (non-hydrogen) atoms. The molecule has 0 N–H and O–H groups in total. The topological polar surface area (TPSA) is 0 Å². The summed E-state index contributed by atoms with van der Waals surface area (Å²) in [4.78, 5) is 0. The lowest BCUT2D eigenvalue weighted by molar-refractivity contribution is 0.451. The van der Waals surface area contributed by atoms with Crippen molar-refractivity contribution in [1.82, 2.24) is 0 Å². The van der Waals surface area contributed by atoms with Gasteiger partial charge in [-0.3, -0.25) is 0 Å². The molecule has 0 heterocycles. The monoisotopic (exact) mass is 349 g/mol. The van der Waals surface area contributed by atoms with Gasteiger partial charge in [-0.25, -0.2) is 0 Å². The van der Waals surface area contributed by atoms with Gasteiger partial charge in [-0.1, -0.05) is 25.3 Å². The molecule has 0 radical (unpaired) electrons. The fourth-order valence-electron chi connectivity index (χ4n) is 6.49. The van der Waals surface area contributed by atoms with Crippen molar-refractivity contribution in [2.24, 2.45) is 0 Å². The highest BCUT2D eigenvalue weighted by molar-refractivity contribution is 7.78. The van der Waals surface area contributed by atoms with E-state index in [1.54, 1.807) is 88.8 Å². The van der Waals surface area contributed by atoms with Crippen molar-refractivity contribution in [2.45, 2.75) is 127 Å². The van der Waals surface area contributed by atoms with Crippen LogP contribution in [0.4, 0.5) is 0 Å². The minimum atomic E-state index is -0.863. The van der Waals surface area contributed by atoms with Crippen molar-refractivity contribution >= 4 is 7.26 Å². The van der Waals surface area contributed by atoms with Gasteiger partial charge >= 0.3 is 0 Å². The molecule has 0 spiro atoms. The van der Waals surface area contributed by atoms with Crippen LogP contribution in [0, 0.1) is 0 Å². The molecule has 138 valence electrons.